The summed E-state index contributed by atoms with van der Waals surface area (Å²) in [6.07, 6.45) is 0. The Kier molecular flexibility index (Phi) is 5.78. The van der Waals surface area contributed by atoms with E-state index in [0.717, 1.165) is 0 Å². The molecule has 0 aliphatic rings. The maximum Gasteiger partial charge on any atom is 0.321 e. The summed E-state index contributed by atoms with van der Waals surface area (Å²) in [6, 6.07) is 5.03. The Morgan fingerprint density at radius 2 is 2.00 bits per heavy atom. The van der Waals surface area contributed by atoms with Crippen molar-refractivity contribution in [3.63, 3.8) is 0 Å². The monoisotopic (exact) mass is 270 g/mol. The van der Waals surface area contributed by atoms with E-state index in [0.29, 0.717) is 36.2 Å². The lowest BCUT2D eigenvalue weighted by Crippen LogP contribution is -2.34. The highest BCUT2D eigenvalue weighted by Gasteiger charge is 2.12. The van der Waals surface area contributed by atoms with E-state index in [2.05, 4.69) is 5.32 Å². The van der Waals surface area contributed by atoms with E-state index >= 15 is 0 Å². The number of ether oxygens (including phenoxy) is 1. The molecule has 0 radical (unpaired) electrons. The van der Waals surface area contributed by atoms with Crippen LogP contribution in [0.3, 0.4) is 0 Å². The first-order valence-corrected chi connectivity index (χ1v) is 6.48. The van der Waals surface area contributed by atoms with Crippen LogP contribution in [0.2, 0.25) is 5.02 Å². The second-order valence-corrected chi connectivity index (χ2v) is 4.11. The summed E-state index contributed by atoms with van der Waals surface area (Å²) in [4.78, 5) is 13.6. The topological polar surface area (TPSA) is 41.6 Å². The van der Waals surface area contributed by atoms with Crippen LogP contribution in [0, 0.1) is 0 Å². The van der Waals surface area contributed by atoms with Crippen LogP contribution in [0.15, 0.2) is 18.2 Å². The van der Waals surface area contributed by atoms with Gasteiger partial charge >= 0.3 is 6.03 Å². The predicted molar refractivity (Wildman–Crippen MR) is 74.6 cm³/mol. The molecule has 0 aromatic heterocycles. The van der Waals surface area contributed by atoms with Crippen LogP contribution in [-0.4, -0.2) is 30.6 Å². The Balaban J connectivity index is 2.88. The van der Waals surface area contributed by atoms with E-state index in [4.69, 9.17) is 16.3 Å². The quantitative estimate of drug-likeness (QED) is 0.888. The molecule has 0 heterocycles. The van der Waals surface area contributed by atoms with Crippen molar-refractivity contribution in [1.82, 2.24) is 4.90 Å². The third kappa shape index (κ3) is 3.81. The largest absolute Gasteiger partial charge is 0.492 e. The minimum atomic E-state index is -0.150. The average Bonchev–Trinajstić information content (AvgIpc) is 2.34. The Bertz CT molecular complexity index is 406. The number of amides is 2. The molecule has 0 atom stereocenters. The second-order valence-electron chi connectivity index (χ2n) is 3.68. The molecule has 0 aliphatic carbocycles. The van der Waals surface area contributed by atoms with Crippen molar-refractivity contribution in [2.75, 3.05) is 25.0 Å². The Morgan fingerprint density at radius 1 is 1.33 bits per heavy atom. The molecule has 0 spiro atoms. The Labute approximate surface area is 113 Å². The number of rotatable bonds is 5. The van der Waals surface area contributed by atoms with Crippen molar-refractivity contribution in [3.05, 3.63) is 23.2 Å². The lowest BCUT2D eigenvalue weighted by molar-refractivity contribution is 0.217. The van der Waals surface area contributed by atoms with Crippen LogP contribution < -0.4 is 10.1 Å². The molecule has 0 saturated heterocycles. The number of nitrogens with one attached hydrogen (secondary N) is 1. The zero-order valence-corrected chi connectivity index (χ0v) is 11.8. The number of halogens is 1. The summed E-state index contributed by atoms with van der Waals surface area (Å²) >= 11 is 5.93. The van der Waals surface area contributed by atoms with E-state index < -0.39 is 0 Å². The maximum atomic E-state index is 12.0. The molecule has 5 heteroatoms. The van der Waals surface area contributed by atoms with E-state index in [-0.39, 0.29) is 6.03 Å². The molecule has 18 heavy (non-hydrogen) atoms. The zero-order valence-electron chi connectivity index (χ0n) is 11.0. The number of benzene rings is 1. The van der Waals surface area contributed by atoms with E-state index in [1.807, 2.05) is 20.8 Å². The molecule has 0 fully saturated rings. The minimum Gasteiger partial charge on any atom is -0.492 e. The van der Waals surface area contributed by atoms with Gasteiger partial charge in [0.2, 0.25) is 0 Å². The number of hydrogen-bond donors (Lipinski definition) is 1. The Morgan fingerprint density at radius 3 is 2.56 bits per heavy atom. The summed E-state index contributed by atoms with van der Waals surface area (Å²) in [6.45, 7) is 7.62. The minimum absolute atomic E-state index is 0.150. The van der Waals surface area contributed by atoms with Gasteiger partial charge in [-0.25, -0.2) is 4.79 Å². The molecule has 0 saturated carbocycles. The van der Waals surface area contributed by atoms with Gasteiger partial charge < -0.3 is 15.0 Å². The highest BCUT2D eigenvalue weighted by atomic mass is 35.5. The van der Waals surface area contributed by atoms with E-state index in [1.54, 1.807) is 23.1 Å². The number of urea groups is 1. The van der Waals surface area contributed by atoms with Gasteiger partial charge in [0.1, 0.15) is 5.75 Å². The standard InChI is InChI=1S/C13H19ClN2O2/c1-4-16(5-2)13(17)15-11-9-10(14)7-8-12(11)18-6-3/h7-9H,4-6H2,1-3H3,(H,15,17). The van der Waals surface area contributed by atoms with E-state index in [9.17, 15) is 4.79 Å². The first-order chi connectivity index (χ1) is 8.62. The van der Waals surface area contributed by atoms with Gasteiger partial charge in [-0.05, 0) is 39.0 Å². The molecule has 4 nitrogen and oxygen atoms in total. The zero-order chi connectivity index (χ0) is 13.5. The average molecular weight is 271 g/mol. The summed E-state index contributed by atoms with van der Waals surface area (Å²) in [7, 11) is 0. The van der Waals surface area contributed by atoms with Crippen molar-refractivity contribution in [2.24, 2.45) is 0 Å². The summed E-state index contributed by atoms with van der Waals surface area (Å²) < 4.78 is 5.45. The fraction of sp³-hybridized carbons (Fsp3) is 0.462. The molecule has 0 aliphatic heterocycles. The number of carbonyl (C=O) groups excluding carboxylic acids is 1. The van der Waals surface area contributed by atoms with Gasteiger partial charge in [-0.15, -0.1) is 0 Å². The molecule has 1 aromatic carbocycles. The first kappa shape index (κ1) is 14.6. The fourth-order valence-electron chi connectivity index (χ4n) is 1.59. The van der Waals surface area contributed by atoms with Crippen LogP contribution in [-0.2, 0) is 0 Å². The Hall–Kier alpha value is -1.42. The number of carbonyl (C=O) groups is 1. The van der Waals surface area contributed by atoms with Crippen LogP contribution in [0.5, 0.6) is 5.75 Å². The van der Waals surface area contributed by atoms with Crippen LogP contribution in [0.25, 0.3) is 0 Å². The van der Waals surface area contributed by atoms with Gasteiger partial charge in [-0.3, -0.25) is 0 Å². The van der Waals surface area contributed by atoms with Gasteiger partial charge in [0.25, 0.3) is 0 Å². The highest BCUT2D eigenvalue weighted by molar-refractivity contribution is 6.31. The van der Waals surface area contributed by atoms with Crippen molar-refractivity contribution in [3.8, 4) is 5.75 Å². The fourth-order valence-corrected chi connectivity index (χ4v) is 1.76. The van der Waals surface area contributed by atoms with Crippen molar-refractivity contribution >= 4 is 23.3 Å². The smallest absolute Gasteiger partial charge is 0.321 e. The molecule has 0 bridgehead atoms. The summed E-state index contributed by atoms with van der Waals surface area (Å²) in [5, 5.41) is 3.38. The molecule has 0 unspecified atom stereocenters. The predicted octanol–water partition coefficient (Wildman–Crippen LogP) is 3.61. The lowest BCUT2D eigenvalue weighted by Gasteiger charge is -2.20. The molecule has 1 N–H and O–H groups in total. The second kappa shape index (κ2) is 7.11. The van der Waals surface area contributed by atoms with Gasteiger partial charge in [0.05, 0.1) is 12.3 Å². The molecule has 100 valence electrons. The molecular weight excluding hydrogens is 252 g/mol. The lowest BCUT2D eigenvalue weighted by atomic mass is 10.3. The summed E-state index contributed by atoms with van der Waals surface area (Å²) in [5.41, 5.74) is 0.598. The third-order valence-electron chi connectivity index (χ3n) is 2.53. The molecule has 2 amide bonds. The van der Waals surface area contributed by atoms with Gasteiger partial charge in [-0.2, -0.15) is 0 Å². The normalized spacial score (nSPS) is 10.0. The van der Waals surface area contributed by atoms with E-state index in [1.165, 1.54) is 0 Å². The van der Waals surface area contributed by atoms with Gasteiger partial charge in [-0.1, -0.05) is 11.6 Å². The highest BCUT2D eigenvalue weighted by Crippen LogP contribution is 2.28. The number of nitrogens with zero attached hydrogens (tertiary/aromatic N) is 1. The van der Waals surface area contributed by atoms with Gasteiger partial charge in [0, 0.05) is 18.1 Å². The van der Waals surface area contributed by atoms with Gasteiger partial charge in [0.15, 0.2) is 0 Å². The van der Waals surface area contributed by atoms with Crippen molar-refractivity contribution in [1.29, 1.82) is 0 Å². The van der Waals surface area contributed by atoms with Crippen LogP contribution in [0.4, 0.5) is 10.5 Å². The number of hydrogen-bond acceptors (Lipinski definition) is 2. The van der Waals surface area contributed by atoms with Crippen LogP contribution >= 0.6 is 11.6 Å². The third-order valence-corrected chi connectivity index (χ3v) is 2.77. The maximum absolute atomic E-state index is 12.0. The molecule has 1 rings (SSSR count). The van der Waals surface area contributed by atoms with Crippen molar-refractivity contribution in [2.45, 2.75) is 20.8 Å². The van der Waals surface area contributed by atoms with Crippen LogP contribution in [0.1, 0.15) is 20.8 Å². The summed E-state index contributed by atoms with van der Waals surface area (Å²) in [5.74, 6) is 0.627. The first-order valence-electron chi connectivity index (χ1n) is 6.10. The SMILES string of the molecule is CCOc1ccc(Cl)cc1NC(=O)N(CC)CC. The van der Waals surface area contributed by atoms with Crippen molar-refractivity contribution < 1.29 is 9.53 Å². The number of anilines is 1. The molecular formula is C13H19ClN2O2. The molecule has 1 aromatic rings.